The smallest absolute Gasteiger partial charge is 0.311 e. The lowest BCUT2D eigenvalue weighted by atomic mass is 10.1. The fraction of sp³-hybridized carbons (Fsp3) is 0.200. The molecule has 1 aliphatic heterocycles. The van der Waals surface area contributed by atoms with Crippen LogP contribution in [0.15, 0.2) is 66.7 Å². The highest BCUT2D eigenvalue weighted by Crippen LogP contribution is 2.25. The Morgan fingerprint density at radius 1 is 1.08 bits per heavy atom. The molecule has 122 valence electrons. The molecule has 1 saturated heterocycles. The number of anilines is 1. The van der Waals surface area contributed by atoms with E-state index in [9.17, 15) is 9.59 Å². The molecule has 3 rings (SSSR count). The Hall–Kier alpha value is -2.88. The van der Waals surface area contributed by atoms with E-state index >= 15 is 0 Å². The van der Waals surface area contributed by atoms with Crippen LogP contribution in [-0.4, -0.2) is 25.0 Å². The normalized spacial score (nSPS) is 17.4. The maximum atomic E-state index is 12.1. The van der Waals surface area contributed by atoms with E-state index in [1.54, 1.807) is 11.0 Å². The Kier molecular flexibility index (Phi) is 5.06. The van der Waals surface area contributed by atoms with Gasteiger partial charge in [0.2, 0.25) is 5.91 Å². The summed E-state index contributed by atoms with van der Waals surface area (Å²) in [5.41, 5.74) is 1.88. The summed E-state index contributed by atoms with van der Waals surface area (Å²) in [5.74, 6) is -0.759. The van der Waals surface area contributed by atoms with E-state index in [0.29, 0.717) is 6.54 Å². The van der Waals surface area contributed by atoms with Crippen LogP contribution in [0.4, 0.5) is 5.69 Å². The van der Waals surface area contributed by atoms with E-state index in [-0.39, 0.29) is 24.9 Å². The minimum absolute atomic E-state index is 0.0389. The van der Waals surface area contributed by atoms with Crippen LogP contribution in [0, 0.1) is 5.92 Å². The third kappa shape index (κ3) is 3.90. The third-order valence-corrected chi connectivity index (χ3v) is 3.96. The van der Waals surface area contributed by atoms with Gasteiger partial charge in [0.1, 0.15) is 6.61 Å². The first kappa shape index (κ1) is 16.0. The first-order chi connectivity index (χ1) is 11.7. The van der Waals surface area contributed by atoms with Crippen LogP contribution < -0.4 is 4.90 Å². The molecule has 24 heavy (non-hydrogen) atoms. The van der Waals surface area contributed by atoms with Crippen molar-refractivity contribution in [3.63, 3.8) is 0 Å². The van der Waals surface area contributed by atoms with E-state index in [2.05, 4.69) is 0 Å². The molecule has 0 spiro atoms. The number of nitrogens with zero attached hydrogens (tertiary/aromatic N) is 1. The van der Waals surface area contributed by atoms with Gasteiger partial charge in [0, 0.05) is 18.7 Å². The molecule has 2 aromatic carbocycles. The number of rotatable bonds is 5. The summed E-state index contributed by atoms with van der Waals surface area (Å²) in [6, 6.07) is 19.2. The van der Waals surface area contributed by atoms with Gasteiger partial charge in [0.05, 0.1) is 5.92 Å². The Bertz CT molecular complexity index is 725. The third-order valence-electron chi connectivity index (χ3n) is 3.96. The van der Waals surface area contributed by atoms with Gasteiger partial charge in [-0.2, -0.15) is 0 Å². The molecule has 1 aliphatic rings. The molecule has 0 saturated carbocycles. The molecule has 0 bridgehead atoms. The molecule has 2 aromatic rings. The second kappa shape index (κ2) is 7.59. The van der Waals surface area contributed by atoms with Crippen LogP contribution in [0.1, 0.15) is 12.0 Å². The number of hydrogen-bond donors (Lipinski definition) is 0. The number of carbonyl (C=O) groups excluding carboxylic acids is 2. The van der Waals surface area contributed by atoms with Crippen LogP contribution >= 0.6 is 0 Å². The summed E-state index contributed by atoms with van der Waals surface area (Å²) in [6.07, 6.45) is 3.92. The number of para-hydroxylation sites is 1. The van der Waals surface area contributed by atoms with Gasteiger partial charge in [-0.3, -0.25) is 9.59 Å². The monoisotopic (exact) mass is 321 g/mol. The highest BCUT2D eigenvalue weighted by atomic mass is 16.5. The van der Waals surface area contributed by atoms with E-state index in [1.165, 1.54) is 0 Å². The predicted octanol–water partition coefficient (Wildman–Crippen LogP) is 3.30. The first-order valence-electron chi connectivity index (χ1n) is 7.97. The van der Waals surface area contributed by atoms with Crippen molar-refractivity contribution in [1.82, 2.24) is 0 Å². The highest BCUT2D eigenvalue weighted by Gasteiger charge is 2.35. The van der Waals surface area contributed by atoms with Crippen LogP contribution in [0.2, 0.25) is 0 Å². The van der Waals surface area contributed by atoms with E-state index in [4.69, 9.17) is 4.74 Å². The number of ether oxygens (including phenoxy) is 1. The van der Waals surface area contributed by atoms with Crippen LogP contribution in [0.5, 0.6) is 0 Å². The van der Waals surface area contributed by atoms with Gasteiger partial charge < -0.3 is 9.64 Å². The summed E-state index contributed by atoms with van der Waals surface area (Å²) >= 11 is 0. The molecule has 0 N–H and O–H groups in total. The standard InChI is InChI=1S/C20H19NO3/c22-19-14-17(15-21(19)18-11-5-2-6-12-18)20(23)24-13-7-10-16-8-3-1-4-9-16/h1-12,17H,13-15H2. The van der Waals surface area contributed by atoms with Crippen LogP contribution in [0.3, 0.4) is 0 Å². The zero-order valence-electron chi connectivity index (χ0n) is 13.3. The second-order valence-corrected chi connectivity index (χ2v) is 5.68. The number of esters is 1. The van der Waals surface area contributed by atoms with Crippen molar-refractivity contribution in [1.29, 1.82) is 0 Å². The average molecular weight is 321 g/mol. The summed E-state index contributed by atoms with van der Waals surface area (Å²) in [5, 5.41) is 0. The van der Waals surface area contributed by atoms with Crippen LogP contribution in [0.25, 0.3) is 6.08 Å². The molecule has 4 nitrogen and oxygen atoms in total. The van der Waals surface area contributed by atoms with Gasteiger partial charge in [-0.15, -0.1) is 0 Å². The summed E-state index contributed by atoms with van der Waals surface area (Å²) in [6.45, 7) is 0.591. The molecular formula is C20H19NO3. The van der Waals surface area contributed by atoms with Gasteiger partial charge >= 0.3 is 5.97 Å². The Morgan fingerprint density at radius 2 is 1.75 bits per heavy atom. The fourth-order valence-corrected chi connectivity index (χ4v) is 2.72. The lowest BCUT2D eigenvalue weighted by molar-refractivity contribution is -0.147. The minimum Gasteiger partial charge on any atom is -0.461 e. The van der Waals surface area contributed by atoms with Crippen molar-refractivity contribution in [2.75, 3.05) is 18.1 Å². The van der Waals surface area contributed by atoms with Crippen molar-refractivity contribution in [3.8, 4) is 0 Å². The topological polar surface area (TPSA) is 46.6 Å². The van der Waals surface area contributed by atoms with Crippen molar-refractivity contribution < 1.29 is 14.3 Å². The molecule has 1 unspecified atom stereocenters. The van der Waals surface area contributed by atoms with Crippen molar-refractivity contribution in [3.05, 3.63) is 72.3 Å². The lowest BCUT2D eigenvalue weighted by Crippen LogP contribution is -2.26. The number of benzene rings is 2. The molecule has 0 aromatic heterocycles. The maximum absolute atomic E-state index is 12.1. The number of hydrogen-bond acceptors (Lipinski definition) is 3. The maximum Gasteiger partial charge on any atom is 0.311 e. The van der Waals surface area contributed by atoms with E-state index in [1.807, 2.05) is 66.7 Å². The van der Waals surface area contributed by atoms with E-state index < -0.39 is 5.92 Å². The number of amides is 1. The van der Waals surface area contributed by atoms with Crippen LogP contribution in [-0.2, 0) is 14.3 Å². The molecule has 0 aliphatic carbocycles. The van der Waals surface area contributed by atoms with Gasteiger partial charge in [-0.05, 0) is 23.8 Å². The Morgan fingerprint density at radius 3 is 2.46 bits per heavy atom. The largest absolute Gasteiger partial charge is 0.461 e. The Labute approximate surface area is 141 Å². The van der Waals surface area contributed by atoms with Gasteiger partial charge in [0.15, 0.2) is 0 Å². The van der Waals surface area contributed by atoms with Gasteiger partial charge in [0.25, 0.3) is 0 Å². The Balaban J connectivity index is 1.51. The minimum atomic E-state index is -0.400. The van der Waals surface area contributed by atoms with E-state index in [0.717, 1.165) is 11.3 Å². The molecule has 4 heteroatoms. The SMILES string of the molecule is O=C(OCC=Cc1ccccc1)C1CC(=O)N(c2ccccc2)C1. The van der Waals surface area contributed by atoms with Crippen molar-refractivity contribution in [2.45, 2.75) is 6.42 Å². The van der Waals surface area contributed by atoms with Crippen molar-refractivity contribution in [2.24, 2.45) is 5.92 Å². The highest BCUT2D eigenvalue weighted by molar-refractivity contribution is 5.99. The molecular weight excluding hydrogens is 302 g/mol. The first-order valence-corrected chi connectivity index (χ1v) is 7.97. The number of carbonyl (C=O) groups is 2. The lowest BCUT2D eigenvalue weighted by Gasteiger charge is -2.16. The molecule has 1 fully saturated rings. The summed E-state index contributed by atoms with van der Waals surface area (Å²) in [7, 11) is 0. The quantitative estimate of drug-likeness (QED) is 0.794. The molecule has 0 radical (unpaired) electrons. The fourth-order valence-electron chi connectivity index (χ4n) is 2.72. The van der Waals surface area contributed by atoms with Gasteiger partial charge in [-0.1, -0.05) is 54.6 Å². The molecule has 1 amide bonds. The average Bonchev–Trinajstić information content (AvgIpc) is 3.02. The zero-order chi connectivity index (χ0) is 16.8. The second-order valence-electron chi connectivity index (χ2n) is 5.68. The summed E-state index contributed by atoms with van der Waals surface area (Å²) < 4.78 is 5.28. The molecule has 1 heterocycles. The molecule has 1 atom stereocenters. The summed E-state index contributed by atoms with van der Waals surface area (Å²) in [4.78, 5) is 25.9. The van der Waals surface area contributed by atoms with Crippen molar-refractivity contribution >= 4 is 23.6 Å². The van der Waals surface area contributed by atoms with Gasteiger partial charge in [-0.25, -0.2) is 0 Å². The zero-order valence-corrected chi connectivity index (χ0v) is 13.3. The predicted molar refractivity (Wildman–Crippen MR) is 93.3 cm³/mol.